The molecule has 0 aromatic rings. The molecule has 0 spiro atoms. The predicted octanol–water partition coefficient (Wildman–Crippen LogP) is 0.0252. The molecule has 0 bridgehead atoms. The van der Waals surface area contributed by atoms with E-state index < -0.39 is 9.24 Å². The number of hydrogen-bond donors (Lipinski definition) is 0. The third kappa shape index (κ3) is 28.4. The SMILES string of the molecule is C[As](C)(=[Se])[Se-]. The molecule has 0 aliphatic rings. The van der Waals surface area contributed by atoms with Gasteiger partial charge in [0.05, 0.1) is 0 Å². The molecule has 5 heavy (non-hydrogen) atoms. The third-order valence-electron chi connectivity index (χ3n) is 0. The molecule has 0 nitrogen and oxygen atoms in total. The molecule has 0 radical (unpaired) electrons. The topological polar surface area (TPSA) is 0 Å². The summed E-state index contributed by atoms with van der Waals surface area (Å²) in [5.41, 5.74) is 4.50. The van der Waals surface area contributed by atoms with Crippen LogP contribution in [0.1, 0.15) is 0 Å². The molecule has 0 rings (SSSR count). The molecule has 3 heteroatoms. The molecule has 0 aromatic carbocycles. The molecule has 0 aliphatic carbocycles. The van der Waals surface area contributed by atoms with Gasteiger partial charge in [-0.25, -0.2) is 0 Å². The molecule has 0 amide bonds. The van der Waals surface area contributed by atoms with E-state index >= 15 is 0 Å². The zero-order chi connectivity index (χ0) is 4.50. The Morgan fingerprint density at radius 3 is 1.60 bits per heavy atom. The van der Waals surface area contributed by atoms with Crippen LogP contribution in [0.2, 0.25) is 11.4 Å². The summed E-state index contributed by atoms with van der Waals surface area (Å²) in [4.78, 5) is 0. The number of rotatable bonds is 0. The van der Waals surface area contributed by atoms with Gasteiger partial charge in [0.1, 0.15) is 0 Å². The predicted molar refractivity (Wildman–Crippen MR) is 29.0 cm³/mol. The van der Waals surface area contributed by atoms with E-state index in [4.69, 9.17) is 0 Å². The fraction of sp³-hybridized carbons (Fsp3) is 1.00. The van der Waals surface area contributed by atoms with Crippen molar-refractivity contribution in [1.82, 2.24) is 0 Å². The molecular weight excluding hydrogens is 257 g/mol. The van der Waals surface area contributed by atoms with Crippen molar-refractivity contribution < 1.29 is 0 Å². The van der Waals surface area contributed by atoms with E-state index in [1.165, 1.54) is 0 Å². The molecule has 0 atom stereocenters. The van der Waals surface area contributed by atoms with Crippen molar-refractivity contribution in [2.75, 3.05) is 0 Å². The zero-order valence-corrected chi connectivity index (χ0v) is 8.57. The van der Waals surface area contributed by atoms with Gasteiger partial charge >= 0.3 is 48.1 Å². The van der Waals surface area contributed by atoms with Gasteiger partial charge in [0.15, 0.2) is 0 Å². The van der Waals surface area contributed by atoms with E-state index in [1.54, 1.807) is 0 Å². The van der Waals surface area contributed by atoms with Gasteiger partial charge in [0.2, 0.25) is 0 Å². The van der Waals surface area contributed by atoms with Gasteiger partial charge in [-0.15, -0.1) is 0 Å². The quantitative estimate of drug-likeness (QED) is 0.541. The molecule has 0 aromatic heterocycles. The summed E-state index contributed by atoms with van der Waals surface area (Å²) in [5, 5.41) is 0. The third-order valence-corrected chi connectivity index (χ3v) is 0. The second kappa shape index (κ2) is 2.05. The minimum absolute atomic E-state index is 1.12. The normalized spacial score (nSPS) is 11.8. The van der Waals surface area contributed by atoms with Crippen LogP contribution in [0.15, 0.2) is 0 Å². The van der Waals surface area contributed by atoms with Crippen molar-refractivity contribution >= 4 is 36.7 Å². The molecular formula is C2H6AsSe2-. The first kappa shape index (κ1) is 6.60. The maximum atomic E-state index is 3.10. The Kier molecular flexibility index (Phi) is 2.70. The van der Waals surface area contributed by atoms with Crippen LogP contribution in [0.5, 0.6) is 0 Å². The fourth-order valence-corrected chi connectivity index (χ4v) is 0. The van der Waals surface area contributed by atoms with Crippen molar-refractivity contribution in [3.05, 3.63) is 0 Å². The van der Waals surface area contributed by atoms with E-state index in [1.807, 2.05) is 0 Å². The van der Waals surface area contributed by atoms with E-state index in [0.29, 0.717) is 0 Å². The van der Waals surface area contributed by atoms with E-state index in [0.717, 1.165) is 0 Å². The van der Waals surface area contributed by atoms with Gasteiger partial charge < -0.3 is 0 Å². The van der Waals surface area contributed by atoms with Crippen molar-refractivity contribution in [1.29, 1.82) is 0 Å². The molecule has 0 saturated carbocycles. The first-order valence-electron chi connectivity index (χ1n) is 1.26. The standard InChI is InChI=1S/C2H7AsSe2/c1-3(2,4)5/h1-2H3,(H,4,5)/p-1. The van der Waals surface area contributed by atoms with Gasteiger partial charge in [0.25, 0.3) is 0 Å². The molecule has 0 saturated heterocycles. The van der Waals surface area contributed by atoms with Crippen LogP contribution in [0.3, 0.4) is 0 Å². The van der Waals surface area contributed by atoms with Gasteiger partial charge in [0, 0.05) is 0 Å². The number of hydrogen-bond acceptors (Lipinski definition) is 0. The molecule has 0 heterocycles. The first-order valence-corrected chi connectivity index (χ1v) is 14.5. The van der Waals surface area contributed by atoms with Crippen LogP contribution in [0.25, 0.3) is 0 Å². The summed E-state index contributed by atoms with van der Waals surface area (Å²) in [5.74, 6) is 0. The Morgan fingerprint density at radius 2 is 1.60 bits per heavy atom. The van der Waals surface area contributed by atoms with Crippen molar-refractivity contribution in [3.8, 4) is 0 Å². The Labute approximate surface area is 47.9 Å². The summed E-state index contributed by atoms with van der Waals surface area (Å²) < 4.78 is 0. The van der Waals surface area contributed by atoms with E-state index in [2.05, 4.69) is 38.9 Å². The van der Waals surface area contributed by atoms with E-state index in [9.17, 15) is 0 Å². The Balaban J connectivity index is 3.47. The van der Waals surface area contributed by atoms with Crippen LogP contribution in [-0.4, -0.2) is 36.7 Å². The summed E-state index contributed by atoms with van der Waals surface area (Å²) in [6, 6.07) is 0. The van der Waals surface area contributed by atoms with Crippen LogP contribution in [-0.2, 0) is 0 Å². The van der Waals surface area contributed by atoms with Crippen LogP contribution in [0.4, 0.5) is 0 Å². The molecule has 0 aliphatic heterocycles. The first-order chi connectivity index (χ1) is 2.00. The Bertz CT molecular complexity index is 53.8. The Morgan fingerprint density at radius 1 is 1.60 bits per heavy atom. The summed E-state index contributed by atoms with van der Waals surface area (Å²) >= 11 is 6.19. The summed E-state index contributed by atoms with van der Waals surface area (Å²) in [7, 11) is -1.12. The maximum absolute atomic E-state index is 3.10. The average Bonchev–Trinajstić information content (AvgIpc) is 0.722. The fourth-order valence-electron chi connectivity index (χ4n) is 0. The van der Waals surface area contributed by atoms with Crippen molar-refractivity contribution in [2.24, 2.45) is 0 Å². The van der Waals surface area contributed by atoms with Gasteiger partial charge in [-0.3, -0.25) is 0 Å². The monoisotopic (exact) mass is 265 g/mol. The molecule has 32 valence electrons. The summed E-state index contributed by atoms with van der Waals surface area (Å²) in [6.45, 7) is 0. The zero-order valence-electron chi connectivity index (χ0n) is 3.26. The van der Waals surface area contributed by atoms with Gasteiger partial charge in [-0.1, -0.05) is 0 Å². The van der Waals surface area contributed by atoms with Crippen molar-refractivity contribution in [2.45, 2.75) is 11.4 Å². The van der Waals surface area contributed by atoms with Crippen molar-refractivity contribution in [3.63, 3.8) is 0 Å². The van der Waals surface area contributed by atoms with Crippen LogP contribution >= 0.6 is 0 Å². The van der Waals surface area contributed by atoms with Gasteiger partial charge in [-0.05, 0) is 0 Å². The van der Waals surface area contributed by atoms with E-state index in [-0.39, 0.29) is 0 Å². The van der Waals surface area contributed by atoms with Crippen LogP contribution < -0.4 is 0 Å². The summed E-state index contributed by atoms with van der Waals surface area (Å²) in [6.07, 6.45) is 0. The molecule has 0 fully saturated rings. The second-order valence-corrected chi connectivity index (χ2v) is 32.5. The molecule has 0 N–H and O–H groups in total. The van der Waals surface area contributed by atoms with Gasteiger partial charge in [-0.2, -0.15) is 0 Å². The van der Waals surface area contributed by atoms with Crippen LogP contribution in [0, 0.1) is 0 Å². The average molecular weight is 263 g/mol. The molecule has 0 unspecified atom stereocenters. The second-order valence-electron chi connectivity index (χ2n) is 1.25. The minimum atomic E-state index is -1.12. The Hall–Kier alpha value is 1.60.